The minimum atomic E-state index is -0.313. The number of esters is 1. The number of halogens is 2. The van der Waals surface area contributed by atoms with E-state index in [1.807, 2.05) is 12.1 Å². The zero-order chi connectivity index (χ0) is 9.84. The fraction of sp³-hybridized carbons (Fsp3) is 0.222. The van der Waals surface area contributed by atoms with Crippen LogP contribution < -0.4 is 4.74 Å². The molecule has 0 radical (unpaired) electrons. The molecule has 0 N–H and O–H groups in total. The van der Waals surface area contributed by atoms with Crippen LogP contribution in [0.25, 0.3) is 0 Å². The van der Waals surface area contributed by atoms with Gasteiger partial charge in [0.05, 0.1) is 4.47 Å². The first-order valence-electron chi connectivity index (χ1n) is 3.66. The van der Waals surface area contributed by atoms with E-state index in [0.717, 1.165) is 15.4 Å². The number of benzene rings is 1. The van der Waals surface area contributed by atoms with Crippen molar-refractivity contribution in [2.45, 2.75) is 12.3 Å². The van der Waals surface area contributed by atoms with Gasteiger partial charge < -0.3 is 4.74 Å². The van der Waals surface area contributed by atoms with Gasteiger partial charge in [0.25, 0.3) is 0 Å². The summed E-state index contributed by atoms with van der Waals surface area (Å²) < 4.78 is 5.73. The standard InChI is InChI=1S/C9H8Br2O2/c1-6(12)13-9-3-2-7(5-10)4-8(9)11/h2-4H,5H2,1H3. The first-order valence-corrected chi connectivity index (χ1v) is 5.57. The summed E-state index contributed by atoms with van der Waals surface area (Å²) in [5.41, 5.74) is 1.13. The number of alkyl halides is 1. The molecule has 0 saturated carbocycles. The Labute approximate surface area is 93.5 Å². The van der Waals surface area contributed by atoms with Crippen LogP contribution in [-0.4, -0.2) is 5.97 Å². The van der Waals surface area contributed by atoms with Gasteiger partial charge in [-0.2, -0.15) is 0 Å². The summed E-state index contributed by atoms with van der Waals surface area (Å²) in [4.78, 5) is 10.7. The van der Waals surface area contributed by atoms with Crippen molar-refractivity contribution in [1.82, 2.24) is 0 Å². The average Bonchev–Trinajstić information content (AvgIpc) is 2.08. The van der Waals surface area contributed by atoms with Gasteiger partial charge in [-0.25, -0.2) is 0 Å². The summed E-state index contributed by atoms with van der Waals surface area (Å²) in [7, 11) is 0. The third kappa shape index (κ3) is 3.12. The number of rotatable bonds is 2. The third-order valence-electron chi connectivity index (χ3n) is 1.40. The summed E-state index contributed by atoms with van der Waals surface area (Å²) in [6, 6.07) is 5.58. The second-order valence-corrected chi connectivity index (χ2v) is 3.91. The fourth-order valence-corrected chi connectivity index (χ4v) is 1.72. The van der Waals surface area contributed by atoms with E-state index in [1.54, 1.807) is 6.07 Å². The summed E-state index contributed by atoms with van der Waals surface area (Å²) in [6.45, 7) is 1.38. The van der Waals surface area contributed by atoms with Gasteiger partial charge >= 0.3 is 5.97 Å². The molecular formula is C9H8Br2O2. The van der Waals surface area contributed by atoms with Gasteiger partial charge in [0.1, 0.15) is 5.75 Å². The van der Waals surface area contributed by atoms with Crippen LogP contribution in [0.5, 0.6) is 5.75 Å². The highest BCUT2D eigenvalue weighted by Gasteiger charge is 2.03. The Balaban J connectivity index is 2.91. The minimum Gasteiger partial charge on any atom is -0.426 e. The minimum absolute atomic E-state index is 0.313. The van der Waals surface area contributed by atoms with Crippen molar-refractivity contribution in [3.63, 3.8) is 0 Å². The number of hydrogen-bond donors (Lipinski definition) is 0. The van der Waals surface area contributed by atoms with Crippen LogP contribution in [0, 0.1) is 0 Å². The van der Waals surface area contributed by atoms with Crippen LogP contribution in [0.2, 0.25) is 0 Å². The van der Waals surface area contributed by atoms with Gasteiger partial charge in [-0.3, -0.25) is 4.79 Å². The fourth-order valence-electron chi connectivity index (χ4n) is 0.865. The molecule has 0 aliphatic carbocycles. The van der Waals surface area contributed by atoms with E-state index in [2.05, 4.69) is 31.9 Å². The number of hydrogen-bond acceptors (Lipinski definition) is 2. The van der Waals surface area contributed by atoms with Crippen LogP contribution in [0.4, 0.5) is 0 Å². The largest absolute Gasteiger partial charge is 0.426 e. The molecule has 0 heterocycles. The lowest BCUT2D eigenvalue weighted by Gasteiger charge is -2.04. The third-order valence-corrected chi connectivity index (χ3v) is 2.67. The Hall–Kier alpha value is -0.350. The summed E-state index contributed by atoms with van der Waals surface area (Å²) in [5.74, 6) is 0.240. The van der Waals surface area contributed by atoms with Crippen molar-refractivity contribution in [1.29, 1.82) is 0 Å². The molecule has 0 aliphatic rings. The van der Waals surface area contributed by atoms with Crippen molar-refractivity contribution >= 4 is 37.8 Å². The molecule has 2 nitrogen and oxygen atoms in total. The smallest absolute Gasteiger partial charge is 0.308 e. The highest BCUT2D eigenvalue weighted by molar-refractivity contribution is 9.10. The molecule has 70 valence electrons. The van der Waals surface area contributed by atoms with Gasteiger partial charge in [-0.15, -0.1) is 0 Å². The average molecular weight is 308 g/mol. The Morgan fingerprint density at radius 1 is 1.54 bits per heavy atom. The SMILES string of the molecule is CC(=O)Oc1ccc(CBr)cc1Br. The zero-order valence-corrected chi connectivity index (χ0v) is 10.2. The summed E-state index contributed by atoms with van der Waals surface area (Å²) >= 11 is 6.66. The van der Waals surface area contributed by atoms with Crippen molar-refractivity contribution < 1.29 is 9.53 Å². The van der Waals surface area contributed by atoms with Crippen LogP contribution >= 0.6 is 31.9 Å². The second-order valence-electron chi connectivity index (χ2n) is 2.49. The lowest BCUT2D eigenvalue weighted by molar-refractivity contribution is -0.131. The second kappa shape index (κ2) is 4.77. The zero-order valence-electron chi connectivity index (χ0n) is 7.01. The molecule has 0 amide bonds. The monoisotopic (exact) mass is 306 g/mol. The van der Waals surface area contributed by atoms with Gasteiger partial charge in [0.2, 0.25) is 0 Å². The molecule has 1 rings (SSSR count). The molecule has 0 unspecified atom stereocenters. The lowest BCUT2D eigenvalue weighted by Crippen LogP contribution is -2.01. The number of carbonyl (C=O) groups excluding carboxylic acids is 1. The van der Waals surface area contributed by atoms with Crippen molar-refractivity contribution in [3.8, 4) is 5.75 Å². The Morgan fingerprint density at radius 2 is 2.23 bits per heavy atom. The van der Waals surface area contributed by atoms with E-state index in [1.165, 1.54) is 6.92 Å². The summed E-state index contributed by atoms with van der Waals surface area (Å²) in [6.07, 6.45) is 0. The quantitative estimate of drug-likeness (QED) is 0.476. The molecule has 0 aromatic heterocycles. The Bertz CT molecular complexity index is 323. The highest BCUT2D eigenvalue weighted by Crippen LogP contribution is 2.26. The molecule has 0 saturated heterocycles. The predicted molar refractivity (Wildman–Crippen MR) is 58.1 cm³/mol. The Kier molecular flexibility index (Phi) is 3.93. The van der Waals surface area contributed by atoms with E-state index in [4.69, 9.17) is 4.74 Å². The molecule has 4 heteroatoms. The first kappa shape index (κ1) is 10.7. The topological polar surface area (TPSA) is 26.3 Å². The van der Waals surface area contributed by atoms with Crippen LogP contribution in [-0.2, 0) is 10.1 Å². The first-order chi connectivity index (χ1) is 6.13. The summed E-state index contributed by atoms with van der Waals surface area (Å²) in [5, 5.41) is 0.784. The van der Waals surface area contributed by atoms with E-state index in [0.29, 0.717) is 5.75 Å². The predicted octanol–water partition coefficient (Wildman–Crippen LogP) is 3.27. The maximum absolute atomic E-state index is 10.7. The molecule has 13 heavy (non-hydrogen) atoms. The van der Waals surface area contributed by atoms with Crippen LogP contribution in [0.15, 0.2) is 22.7 Å². The number of carbonyl (C=O) groups is 1. The molecular weight excluding hydrogens is 300 g/mol. The molecule has 0 aliphatic heterocycles. The van der Waals surface area contributed by atoms with Crippen LogP contribution in [0.3, 0.4) is 0 Å². The van der Waals surface area contributed by atoms with Crippen molar-refractivity contribution in [3.05, 3.63) is 28.2 Å². The maximum Gasteiger partial charge on any atom is 0.308 e. The van der Waals surface area contributed by atoms with Crippen molar-refractivity contribution in [2.75, 3.05) is 0 Å². The van der Waals surface area contributed by atoms with E-state index in [-0.39, 0.29) is 5.97 Å². The Morgan fingerprint density at radius 3 is 2.69 bits per heavy atom. The number of ether oxygens (including phenoxy) is 1. The van der Waals surface area contributed by atoms with Crippen LogP contribution in [0.1, 0.15) is 12.5 Å². The van der Waals surface area contributed by atoms with E-state index >= 15 is 0 Å². The molecule has 1 aromatic carbocycles. The highest BCUT2D eigenvalue weighted by atomic mass is 79.9. The van der Waals surface area contributed by atoms with E-state index < -0.39 is 0 Å². The van der Waals surface area contributed by atoms with Gasteiger partial charge in [-0.05, 0) is 33.6 Å². The molecule has 0 bridgehead atoms. The van der Waals surface area contributed by atoms with Crippen molar-refractivity contribution in [2.24, 2.45) is 0 Å². The molecule has 0 fully saturated rings. The maximum atomic E-state index is 10.7. The van der Waals surface area contributed by atoms with Gasteiger partial charge in [0, 0.05) is 12.3 Å². The van der Waals surface area contributed by atoms with E-state index in [9.17, 15) is 4.79 Å². The molecule has 1 aromatic rings. The molecule has 0 spiro atoms. The lowest BCUT2D eigenvalue weighted by atomic mass is 10.2. The molecule has 0 atom stereocenters. The van der Waals surface area contributed by atoms with Gasteiger partial charge in [-0.1, -0.05) is 22.0 Å². The normalized spacial score (nSPS) is 9.77. The van der Waals surface area contributed by atoms with Gasteiger partial charge in [0.15, 0.2) is 0 Å².